The Kier molecular flexibility index (Phi) is 5.00. The van der Waals surface area contributed by atoms with Gasteiger partial charge in [0, 0.05) is 40.5 Å². The van der Waals surface area contributed by atoms with Crippen molar-refractivity contribution in [1.82, 2.24) is 10.3 Å². The minimum atomic E-state index is 0.387. The van der Waals surface area contributed by atoms with Crippen molar-refractivity contribution < 1.29 is 0 Å². The molecule has 0 aromatic carbocycles. The van der Waals surface area contributed by atoms with Gasteiger partial charge in [0.1, 0.15) is 0 Å². The zero-order valence-electron chi connectivity index (χ0n) is 9.73. The lowest BCUT2D eigenvalue weighted by molar-refractivity contribution is 0.566. The first kappa shape index (κ1) is 12.7. The van der Waals surface area contributed by atoms with Crippen LogP contribution in [0.25, 0.3) is 0 Å². The van der Waals surface area contributed by atoms with E-state index in [1.165, 1.54) is 23.0 Å². The summed E-state index contributed by atoms with van der Waals surface area (Å²) >= 11 is 5.92. The van der Waals surface area contributed by atoms with Crippen LogP contribution in [0.15, 0.2) is 5.38 Å². The third kappa shape index (κ3) is 3.65. The second-order valence-corrected chi connectivity index (χ2v) is 7.61. The van der Waals surface area contributed by atoms with E-state index in [1.807, 2.05) is 0 Å². The summed E-state index contributed by atoms with van der Waals surface area (Å²) in [6.07, 6.45) is 0. The van der Waals surface area contributed by atoms with Crippen molar-refractivity contribution in [1.29, 1.82) is 0 Å². The molecule has 0 aliphatic carbocycles. The normalized spacial score (nSPS) is 23.2. The van der Waals surface area contributed by atoms with E-state index in [0.717, 1.165) is 16.8 Å². The van der Waals surface area contributed by atoms with E-state index >= 15 is 0 Å². The summed E-state index contributed by atoms with van der Waals surface area (Å²) < 4.78 is 0. The summed E-state index contributed by atoms with van der Waals surface area (Å²) in [7, 11) is 0. The van der Waals surface area contributed by atoms with Crippen LogP contribution in [0.2, 0.25) is 0 Å². The molecule has 0 spiro atoms. The van der Waals surface area contributed by atoms with E-state index in [4.69, 9.17) is 0 Å². The largest absolute Gasteiger partial charge is 0.308 e. The zero-order valence-corrected chi connectivity index (χ0v) is 12.2. The first-order chi connectivity index (χ1) is 7.75. The molecule has 5 heteroatoms. The Morgan fingerprint density at radius 1 is 1.56 bits per heavy atom. The maximum absolute atomic E-state index is 4.52. The van der Waals surface area contributed by atoms with Crippen LogP contribution in [0.1, 0.15) is 23.7 Å². The van der Waals surface area contributed by atoms with Gasteiger partial charge >= 0.3 is 0 Å². The molecule has 2 unspecified atom stereocenters. The molecule has 1 fully saturated rings. The maximum atomic E-state index is 4.52. The lowest BCUT2D eigenvalue weighted by Gasteiger charge is -2.22. The van der Waals surface area contributed by atoms with Crippen LogP contribution in [0.4, 0.5) is 0 Å². The Balaban J connectivity index is 1.76. The molecule has 0 bridgehead atoms. The van der Waals surface area contributed by atoms with Crippen molar-refractivity contribution in [2.45, 2.75) is 25.1 Å². The number of aryl methyl sites for hydroxylation is 1. The number of hydrogen-bond donors (Lipinski definition) is 1. The third-order valence-corrected chi connectivity index (χ3v) is 6.25. The van der Waals surface area contributed by atoms with Gasteiger partial charge in [0.2, 0.25) is 0 Å². The molecular formula is C11H18N2S3. The fourth-order valence-corrected chi connectivity index (χ4v) is 4.98. The van der Waals surface area contributed by atoms with Crippen molar-refractivity contribution >= 4 is 34.9 Å². The average Bonchev–Trinajstić information content (AvgIpc) is 2.74. The van der Waals surface area contributed by atoms with Crippen molar-refractivity contribution in [3.05, 3.63) is 16.1 Å². The lowest BCUT2D eigenvalue weighted by atomic mass is 10.2. The Morgan fingerprint density at radius 3 is 3.06 bits per heavy atom. The van der Waals surface area contributed by atoms with E-state index in [1.54, 1.807) is 11.3 Å². The van der Waals surface area contributed by atoms with Crippen molar-refractivity contribution in [2.24, 2.45) is 0 Å². The Labute approximate surface area is 110 Å². The lowest BCUT2D eigenvalue weighted by Crippen LogP contribution is -2.30. The van der Waals surface area contributed by atoms with Gasteiger partial charge in [0.05, 0.1) is 10.7 Å². The monoisotopic (exact) mass is 274 g/mol. The van der Waals surface area contributed by atoms with E-state index in [0.29, 0.717) is 6.04 Å². The molecule has 2 atom stereocenters. The van der Waals surface area contributed by atoms with E-state index in [2.05, 4.69) is 53.1 Å². The molecule has 2 heterocycles. The van der Waals surface area contributed by atoms with Gasteiger partial charge in [-0.15, -0.1) is 11.3 Å². The number of nitrogens with one attached hydrogen (secondary N) is 1. The van der Waals surface area contributed by atoms with E-state index in [-0.39, 0.29) is 0 Å². The van der Waals surface area contributed by atoms with Crippen LogP contribution in [-0.4, -0.2) is 34.0 Å². The first-order valence-electron chi connectivity index (χ1n) is 5.60. The Hall–Kier alpha value is 0.290. The zero-order chi connectivity index (χ0) is 11.4. The molecule has 1 saturated heterocycles. The van der Waals surface area contributed by atoms with Gasteiger partial charge in [0.15, 0.2) is 0 Å². The standard InChI is InChI=1S/C11H18N2S3/c1-8(11-7-16-9(2)13-11)12-5-10-6-14-3-4-15-10/h7-8,10,12H,3-6H2,1-2H3. The molecule has 2 rings (SSSR count). The van der Waals surface area contributed by atoms with Gasteiger partial charge in [0.25, 0.3) is 0 Å². The second kappa shape index (κ2) is 6.28. The highest BCUT2D eigenvalue weighted by Crippen LogP contribution is 2.24. The average molecular weight is 274 g/mol. The van der Waals surface area contributed by atoms with Crippen LogP contribution in [0, 0.1) is 6.92 Å². The maximum Gasteiger partial charge on any atom is 0.0898 e. The van der Waals surface area contributed by atoms with Crippen LogP contribution >= 0.6 is 34.9 Å². The minimum absolute atomic E-state index is 0.387. The molecule has 90 valence electrons. The van der Waals surface area contributed by atoms with E-state index in [9.17, 15) is 0 Å². The Morgan fingerprint density at radius 2 is 2.44 bits per heavy atom. The summed E-state index contributed by atoms with van der Waals surface area (Å²) in [4.78, 5) is 4.52. The molecule has 0 amide bonds. The second-order valence-electron chi connectivity index (χ2n) is 3.99. The molecular weight excluding hydrogens is 256 g/mol. The molecule has 1 N–H and O–H groups in total. The molecule has 1 aromatic rings. The number of rotatable bonds is 4. The van der Waals surface area contributed by atoms with Crippen LogP contribution < -0.4 is 5.32 Å². The summed E-state index contributed by atoms with van der Waals surface area (Å²) in [6.45, 7) is 5.37. The van der Waals surface area contributed by atoms with Crippen molar-refractivity contribution in [3.63, 3.8) is 0 Å². The Bertz CT molecular complexity index is 321. The van der Waals surface area contributed by atoms with Crippen molar-refractivity contribution in [2.75, 3.05) is 23.8 Å². The smallest absolute Gasteiger partial charge is 0.0898 e. The highest BCUT2D eigenvalue weighted by atomic mass is 32.2. The highest BCUT2D eigenvalue weighted by Gasteiger charge is 2.16. The summed E-state index contributed by atoms with van der Waals surface area (Å²) in [5.41, 5.74) is 1.19. The van der Waals surface area contributed by atoms with Gasteiger partial charge in [-0.1, -0.05) is 0 Å². The molecule has 1 aliphatic rings. The summed E-state index contributed by atoms with van der Waals surface area (Å²) in [5.74, 6) is 3.92. The molecule has 0 saturated carbocycles. The third-order valence-electron chi connectivity index (χ3n) is 2.62. The molecule has 2 nitrogen and oxygen atoms in total. The SMILES string of the molecule is Cc1nc(C(C)NCC2CSCCS2)cs1. The van der Waals surface area contributed by atoms with Gasteiger partial charge < -0.3 is 5.32 Å². The van der Waals surface area contributed by atoms with Crippen LogP contribution in [-0.2, 0) is 0 Å². The van der Waals surface area contributed by atoms with E-state index < -0.39 is 0 Å². The summed E-state index contributed by atoms with van der Waals surface area (Å²) in [5, 5.41) is 7.69. The molecule has 1 aliphatic heterocycles. The van der Waals surface area contributed by atoms with Crippen LogP contribution in [0.3, 0.4) is 0 Å². The predicted molar refractivity (Wildman–Crippen MR) is 76.8 cm³/mol. The minimum Gasteiger partial charge on any atom is -0.308 e. The summed E-state index contributed by atoms with van der Waals surface area (Å²) in [6, 6.07) is 0.387. The number of thiazole rings is 1. The number of thioether (sulfide) groups is 2. The molecule has 0 radical (unpaired) electrons. The fraction of sp³-hybridized carbons (Fsp3) is 0.727. The number of nitrogens with zero attached hydrogens (tertiary/aromatic N) is 1. The van der Waals surface area contributed by atoms with Crippen molar-refractivity contribution in [3.8, 4) is 0 Å². The van der Waals surface area contributed by atoms with Gasteiger partial charge in [-0.05, 0) is 13.8 Å². The van der Waals surface area contributed by atoms with Gasteiger partial charge in [-0.25, -0.2) is 4.98 Å². The van der Waals surface area contributed by atoms with Crippen LogP contribution in [0.5, 0.6) is 0 Å². The predicted octanol–water partition coefficient (Wildman–Crippen LogP) is 2.95. The first-order valence-corrected chi connectivity index (χ1v) is 8.69. The number of aromatic nitrogens is 1. The topological polar surface area (TPSA) is 24.9 Å². The fourth-order valence-electron chi connectivity index (χ4n) is 1.65. The quantitative estimate of drug-likeness (QED) is 0.912. The van der Waals surface area contributed by atoms with Gasteiger partial charge in [-0.3, -0.25) is 0 Å². The number of hydrogen-bond acceptors (Lipinski definition) is 5. The molecule has 16 heavy (non-hydrogen) atoms. The highest BCUT2D eigenvalue weighted by molar-refractivity contribution is 8.06. The van der Waals surface area contributed by atoms with Gasteiger partial charge in [-0.2, -0.15) is 23.5 Å². The molecule has 1 aromatic heterocycles.